The van der Waals surface area contributed by atoms with Crippen molar-refractivity contribution in [3.05, 3.63) is 0 Å². The monoisotopic (exact) mass is 268 g/mol. The van der Waals surface area contributed by atoms with Gasteiger partial charge in [-0.1, -0.05) is 0 Å². The van der Waals surface area contributed by atoms with E-state index in [2.05, 4.69) is 4.74 Å². The average Bonchev–Trinajstić information content (AvgIpc) is 2.40. The lowest BCUT2D eigenvalue weighted by molar-refractivity contribution is -0.137. The first-order chi connectivity index (χ1) is 8.63. The Morgan fingerprint density at radius 2 is 1.56 bits per heavy atom. The average molecular weight is 268 g/mol. The Morgan fingerprint density at radius 1 is 0.944 bits per heavy atom. The molecule has 0 rings (SSSR count). The molecule has 0 amide bonds. The van der Waals surface area contributed by atoms with Gasteiger partial charge in [0.1, 0.15) is 24.9 Å². The van der Waals surface area contributed by atoms with Crippen molar-refractivity contribution in [2.24, 2.45) is 0 Å². The van der Waals surface area contributed by atoms with Crippen LogP contribution in [0.4, 0.5) is 0 Å². The number of carbonyl (C=O) groups is 1. The van der Waals surface area contributed by atoms with E-state index < -0.39 is 31.5 Å². The summed E-state index contributed by atoms with van der Waals surface area (Å²) >= 11 is 0. The molecule has 108 valence electrons. The van der Waals surface area contributed by atoms with Gasteiger partial charge in [0.05, 0.1) is 33.0 Å². The molecule has 0 saturated carbocycles. The Morgan fingerprint density at radius 3 is 2.11 bits per heavy atom. The molecule has 0 aliphatic rings. The molecule has 0 fully saturated rings. The molecule has 3 atom stereocenters. The fourth-order valence-electron chi connectivity index (χ4n) is 0.979. The maximum atomic E-state index is 10.1. The molecular weight excluding hydrogens is 248 g/mol. The number of aliphatic hydroxyl groups is 4. The molecule has 0 aromatic heterocycles. The van der Waals surface area contributed by atoms with E-state index in [9.17, 15) is 4.79 Å². The van der Waals surface area contributed by atoms with Crippen LogP contribution in [-0.2, 0) is 19.0 Å². The fraction of sp³-hybridized carbons (Fsp3) is 0.900. The zero-order valence-electron chi connectivity index (χ0n) is 9.97. The third-order valence-electron chi connectivity index (χ3n) is 1.91. The largest absolute Gasteiger partial charge is 0.465 e. The van der Waals surface area contributed by atoms with E-state index in [4.69, 9.17) is 29.9 Å². The molecule has 0 aromatic rings. The van der Waals surface area contributed by atoms with Crippen LogP contribution < -0.4 is 0 Å². The van der Waals surface area contributed by atoms with Crippen molar-refractivity contribution in [3.63, 3.8) is 0 Å². The first-order valence-corrected chi connectivity index (χ1v) is 5.46. The van der Waals surface area contributed by atoms with Gasteiger partial charge < -0.3 is 34.6 Å². The highest BCUT2D eigenvalue weighted by atomic mass is 16.6. The molecule has 8 heteroatoms. The van der Waals surface area contributed by atoms with E-state index in [0.717, 1.165) is 0 Å². The van der Waals surface area contributed by atoms with Crippen molar-refractivity contribution in [1.29, 1.82) is 0 Å². The summed E-state index contributed by atoms with van der Waals surface area (Å²) in [5.41, 5.74) is 0. The van der Waals surface area contributed by atoms with Gasteiger partial charge in [-0.2, -0.15) is 0 Å². The van der Waals surface area contributed by atoms with Crippen LogP contribution in [0.5, 0.6) is 0 Å². The Kier molecular flexibility index (Phi) is 10.8. The third-order valence-corrected chi connectivity index (χ3v) is 1.91. The molecule has 0 aromatic carbocycles. The lowest BCUT2D eigenvalue weighted by Crippen LogP contribution is -2.32. The summed E-state index contributed by atoms with van der Waals surface area (Å²) in [4.78, 5) is 10.1. The highest BCUT2D eigenvalue weighted by molar-refractivity contribution is 5.36. The normalized spacial score (nSPS) is 16.0. The first-order valence-electron chi connectivity index (χ1n) is 5.46. The lowest BCUT2D eigenvalue weighted by atomic mass is 10.3. The number of carbonyl (C=O) groups excluding carboxylic acids is 1. The Balaban J connectivity index is 3.86. The van der Waals surface area contributed by atoms with Gasteiger partial charge in [-0.05, 0) is 0 Å². The zero-order valence-corrected chi connectivity index (χ0v) is 9.97. The lowest BCUT2D eigenvalue weighted by Gasteiger charge is -2.19. The Labute approximate surface area is 105 Å². The molecule has 0 spiro atoms. The van der Waals surface area contributed by atoms with E-state index in [-0.39, 0.29) is 32.9 Å². The van der Waals surface area contributed by atoms with Gasteiger partial charge in [0, 0.05) is 0 Å². The minimum absolute atomic E-state index is 0.0169. The van der Waals surface area contributed by atoms with Gasteiger partial charge in [0.2, 0.25) is 0 Å². The molecular formula is C10H20O8. The maximum Gasteiger partial charge on any atom is 0.293 e. The molecule has 3 unspecified atom stereocenters. The van der Waals surface area contributed by atoms with Gasteiger partial charge in [-0.15, -0.1) is 0 Å². The van der Waals surface area contributed by atoms with Crippen LogP contribution in [0.2, 0.25) is 0 Å². The van der Waals surface area contributed by atoms with Crippen molar-refractivity contribution in [2.45, 2.75) is 18.3 Å². The predicted octanol–water partition coefficient (Wildman–Crippen LogP) is -2.73. The maximum absolute atomic E-state index is 10.1. The summed E-state index contributed by atoms with van der Waals surface area (Å²) in [6.45, 7) is -0.873. The Bertz CT molecular complexity index is 200. The van der Waals surface area contributed by atoms with Crippen LogP contribution in [0.25, 0.3) is 0 Å². The molecule has 4 N–H and O–H groups in total. The Hall–Kier alpha value is -0.770. The smallest absolute Gasteiger partial charge is 0.293 e. The summed E-state index contributed by atoms with van der Waals surface area (Å²) in [5, 5.41) is 35.3. The minimum Gasteiger partial charge on any atom is -0.465 e. The van der Waals surface area contributed by atoms with Gasteiger partial charge in [0.25, 0.3) is 6.47 Å². The molecule has 8 nitrogen and oxygen atoms in total. The van der Waals surface area contributed by atoms with Crippen molar-refractivity contribution >= 4 is 6.47 Å². The number of hydrogen-bond donors (Lipinski definition) is 4. The van der Waals surface area contributed by atoms with Crippen LogP contribution in [0, 0.1) is 0 Å². The first kappa shape index (κ1) is 17.2. The fourth-order valence-corrected chi connectivity index (χ4v) is 0.979. The van der Waals surface area contributed by atoms with Crippen molar-refractivity contribution in [1.82, 2.24) is 0 Å². The minimum atomic E-state index is -1.02. The van der Waals surface area contributed by atoms with E-state index in [1.165, 1.54) is 0 Å². The van der Waals surface area contributed by atoms with Gasteiger partial charge in [0.15, 0.2) is 0 Å². The standard InChI is InChI=1S/C10H20O8/c11-1-8(14)3-16-5-10(6-17-7-13)18-4-9(15)2-12/h7-12,14-15H,1-6H2. The SMILES string of the molecule is O=COCC(COCC(O)CO)OCC(O)CO. The van der Waals surface area contributed by atoms with E-state index in [1.807, 2.05) is 0 Å². The van der Waals surface area contributed by atoms with Crippen molar-refractivity contribution in [2.75, 3.05) is 39.6 Å². The number of aliphatic hydroxyl groups excluding tert-OH is 4. The van der Waals surface area contributed by atoms with Crippen molar-refractivity contribution in [3.8, 4) is 0 Å². The summed E-state index contributed by atoms with van der Waals surface area (Å²) in [6.07, 6.45) is -2.63. The summed E-state index contributed by atoms with van der Waals surface area (Å²) in [5.74, 6) is 0. The van der Waals surface area contributed by atoms with Crippen LogP contribution in [0.1, 0.15) is 0 Å². The second kappa shape index (κ2) is 11.3. The molecule has 0 radical (unpaired) electrons. The van der Waals surface area contributed by atoms with E-state index in [0.29, 0.717) is 0 Å². The van der Waals surface area contributed by atoms with Crippen LogP contribution in [0.3, 0.4) is 0 Å². The van der Waals surface area contributed by atoms with Gasteiger partial charge >= 0.3 is 0 Å². The number of rotatable bonds is 12. The second-order valence-electron chi connectivity index (χ2n) is 3.60. The molecule has 0 aliphatic carbocycles. The molecule has 0 aliphatic heterocycles. The second-order valence-corrected chi connectivity index (χ2v) is 3.60. The van der Waals surface area contributed by atoms with Crippen LogP contribution in [-0.4, -0.2) is 84.9 Å². The number of hydrogen-bond acceptors (Lipinski definition) is 8. The quantitative estimate of drug-likeness (QED) is 0.281. The van der Waals surface area contributed by atoms with Crippen molar-refractivity contribution < 1.29 is 39.4 Å². The predicted molar refractivity (Wildman–Crippen MR) is 58.8 cm³/mol. The van der Waals surface area contributed by atoms with E-state index in [1.54, 1.807) is 0 Å². The highest BCUT2D eigenvalue weighted by Gasteiger charge is 2.14. The highest BCUT2D eigenvalue weighted by Crippen LogP contribution is 1.98. The molecule has 0 heterocycles. The molecule has 0 bridgehead atoms. The molecule has 0 saturated heterocycles. The van der Waals surface area contributed by atoms with Crippen LogP contribution in [0.15, 0.2) is 0 Å². The van der Waals surface area contributed by atoms with Crippen LogP contribution >= 0.6 is 0 Å². The topological polar surface area (TPSA) is 126 Å². The van der Waals surface area contributed by atoms with Gasteiger partial charge in [-0.3, -0.25) is 4.79 Å². The third kappa shape index (κ3) is 9.28. The summed E-state index contributed by atoms with van der Waals surface area (Å²) < 4.78 is 14.7. The molecule has 18 heavy (non-hydrogen) atoms. The summed E-state index contributed by atoms with van der Waals surface area (Å²) in [7, 11) is 0. The zero-order chi connectivity index (χ0) is 13.8. The van der Waals surface area contributed by atoms with E-state index >= 15 is 0 Å². The number of ether oxygens (including phenoxy) is 3. The van der Waals surface area contributed by atoms with Gasteiger partial charge in [-0.25, -0.2) is 0 Å². The summed E-state index contributed by atoms with van der Waals surface area (Å²) in [6, 6.07) is 0.